The van der Waals surface area contributed by atoms with E-state index in [-0.39, 0.29) is 0 Å². The fraction of sp³-hybridized carbons (Fsp3) is 0.500. The van der Waals surface area contributed by atoms with Gasteiger partial charge in [0.2, 0.25) is 0 Å². The fourth-order valence-electron chi connectivity index (χ4n) is 1.47. The second kappa shape index (κ2) is 5.69. The summed E-state index contributed by atoms with van der Waals surface area (Å²) in [5.74, 6) is 0.887. The van der Waals surface area contributed by atoms with Crippen molar-refractivity contribution in [2.45, 2.75) is 33.3 Å². The molecule has 0 atom stereocenters. The lowest BCUT2D eigenvalue weighted by Crippen LogP contribution is -1.98. The minimum atomic E-state index is -2.73. The van der Waals surface area contributed by atoms with E-state index >= 15 is 0 Å². The highest BCUT2D eigenvalue weighted by Crippen LogP contribution is 2.19. The zero-order valence-electron chi connectivity index (χ0n) is 9.04. The van der Waals surface area contributed by atoms with Crippen LogP contribution in [0.4, 0.5) is 8.78 Å². The molecule has 0 N–H and O–H groups in total. The summed E-state index contributed by atoms with van der Waals surface area (Å²) >= 11 is 0. The highest BCUT2D eigenvalue weighted by molar-refractivity contribution is 5.28. The third-order valence-corrected chi connectivity index (χ3v) is 2.04. The maximum Gasteiger partial charge on any atom is 0.387 e. The van der Waals surface area contributed by atoms with Crippen LogP contribution in [0.1, 0.15) is 26.7 Å². The van der Waals surface area contributed by atoms with Gasteiger partial charge < -0.3 is 4.74 Å². The van der Waals surface area contributed by atoms with E-state index in [1.807, 2.05) is 12.2 Å². The Kier molecular flexibility index (Phi) is 4.53. The molecule has 84 valence electrons. The lowest BCUT2D eigenvalue weighted by atomic mass is 10.0. The standard InChI is InChI=1S/C12H16F2O/c1-9(2)8-10-4-3-5-11(7-6-10)15-12(13)14/h3-6,9,12H,7-8H2,1-2H3. The van der Waals surface area contributed by atoms with Crippen LogP contribution in [0.25, 0.3) is 0 Å². The van der Waals surface area contributed by atoms with Gasteiger partial charge in [-0.25, -0.2) is 0 Å². The van der Waals surface area contributed by atoms with Gasteiger partial charge in [-0.2, -0.15) is 8.78 Å². The monoisotopic (exact) mass is 214 g/mol. The number of hydrogen-bond donors (Lipinski definition) is 0. The Morgan fingerprint density at radius 1 is 1.40 bits per heavy atom. The van der Waals surface area contributed by atoms with E-state index in [1.165, 1.54) is 5.57 Å². The SMILES string of the molecule is CC(C)CC1=CCC(OC(F)F)=CC=C1. The predicted molar refractivity (Wildman–Crippen MR) is 56.5 cm³/mol. The lowest BCUT2D eigenvalue weighted by Gasteiger charge is -2.07. The number of halogens is 2. The zero-order valence-corrected chi connectivity index (χ0v) is 9.04. The highest BCUT2D eigenvalue weighted by Gasteiger charge is 2.07. The lowest BCUT2D eigenvalue weighted by molar-refractivity contribution is -0.0971. The van der Waals surface area contributed by atoms with Gasteiger partial charge in [0.1, 0.15) is 5.76 Å². The molecule has 0 aliphatic heterocycles. The first-order valence-corrected chi connectivity index (χ1v) is 5.09. The summed E-state index contributed by atoms with van der Waals surface area (Å²) in [5, 5.41) is 0. The van der Waals surface area contributed by atoms with Gasteiger partial charge in [0.15, 0.2) is 0 Å². The molecule has 3 heteroatoms. The van der Waals surface area contributed by atoms with Crippen molar-refractivity contribution in [2.75, 3.05) is 0 Å². The Morgan fingerprint density at radius 2 is 2.13 bits per heavy atom. The van der Waals surface area contributed by atoms with Crippen molar-refractivity contribution in [2.24, 2.45) is 5.92 Å². The predicted octanol–water partition coefficient (Wildman–Crippen LogP) is 4.04. The van der Waals surface area contributed by atoms with Gasteiger partial charge in [-0.3, -0.25) is 0 Å². The average molecular weight is 214 g/mol. The molecule has 15 heavy (non-hydrogen) atoms. The third-order valence-electron chi connectivity index (χ3n) is 2.04. The Labute approximate surface area is 89.1 Å². The van der Waals surface area contributed by atoms with Gasteiger partial charge in [-0.1, -0.05) is 37.6 Å². The molecule has 1 rings (SSSR count). The molecule has 0 bridgehead atoms. The molecule has 0 aromatic heterocycles. The smallest absolute Gasteiger partial charge is 0.387 e. The molecule has 0 aromatic carbocycles. The number of alkyl halides is 2. The number of allylic oxidation sites excluding steroid dienone is 5. The van der Waals surface area contributed by atoms with Crippen molar-refractivity contribution in [3.8, 4) is 0 Å². The number of ether oxygens (including phenoxy) is 1. The molecule has 0 saturated carbocycles. The first-order valence-electron chi connectivity index (χ1n) is 5.09. The first-order chi connectivity index (χ1) is 7.08. The van der Waals surface area contributed by atoms with Gasteiger partial charge in [0.05, 0.1) is 0 Å². The molecule has 0 spiro atoms. The van der Waals surface area contributed by atoms with E-state index in [2.05, 4.69) is 18.6 Å². The van der Waals surface area contributed by atoms with Crippen molar-refractivity contribution < 1.29 is 13.5 Å². The van der Waals surface area contributed by atoms with E-state index in [0.717, 1.165) is 6.42 Å². The van der Waals surface area contributed by atoms with Gasteiger partial charge in [-0.05, 0) is 18.4 Å². The molecule has 1 aliphatic carbocycles. The molecule has 0 saturated heterocycles. The maximum atomic E-state index is 12.0. The van der Waals surface area contributed by atoms with Crippen LogP contribution < -0.4 is 0 Å². The maximum absolute atomic E-state index is 12.0. The summed E-state index contributed by atoms with van der Waals surface area (Å²) in [4.78, 5) is 0. The fourth-order valence-corrected chi connectivity index (χ4v) is 1.47. The summed E-state index contributed by atoms with van der Waals surface area (Å²) < 4.78 is 28.3. The molecule has 0 fully saturated rings. The van der Waals surface area contributed by atoms with Crippen molar-refractivity contribution >= 4 is 0 Å². The second-order valence-electron chi connectivity index (χ2n) is 3.95. The van der Waals surface area contributed by atoms with E-state index in [1.54, 1.807) is 12.2 Å². The van der Waals surface area contributed by atoms with Crippen molar-refractivity contribution in [1.29, 1.82) is 0 Å². The van der Waals surface area contributed by atoms with Crippen LogP contribution in [-0.4, -0.2) is 6.61 Å². The summed E-state index contributed by atoms with van der Waals surface area (Å²) in [5.41, 5.74) is 1.18. The molecular formula is C12H16F2O. The molecule has 0 aromatic rings. The molecule has 0 amide bonds. The van der Waals surface area contributed by atoms with Crippen LogP contribution in [-0.2, 0) is 4.74 Å². The van der Waals surface area contributed by atoms with Crippen molar-refractivity contribution in [3.63, 3.8) is 0 Å². The van der Waals surface area contributed by atoms with E-state index < -0.39 is 6.61 Å². The minimum Gasteiger partial charge on any atom is -0.439 e. The number of hydrogen-bond acceptors (Lipinski definition) is 1. The first kappa shape index (κ1) is 12.0. The van der Waals surface area contributed by atoms with Gasteiger partial charge in [0, 0.05) is 6.42 Å². The van der Waals surface area contributed by atoms with Crippen LogP contribution in [0.5, 0.6) is 0 Å². The topological polar surface area (TPSA) is 9.23 Å². The largest absolute Gasteiger partial charge is 0.439 e. The van der Waals surface area contributed by atoms with Crippen LogP contribution in [0.2, 0.25) is 0 Å². The molecule has 1 aliphatic rings. The van der Waals surface area contributed by atoms with Gasteiger partial charge in [-0.15, -0.1) is 0 Å². The summed E-state index contributed by atoms with van der Waals surface area (Å²) in [6, 6.07) is 0. The second-order valence-corrected chi connectivity index (χ2v) is 3.95. The Balaban J connectivity index is 2.55. The molecule has 0 heterocycles. The average Bonchev–Trinajstić information content (AvgIpc) is 2.29. The molecule has 0 radical (unpaired) electrons. The van der Waals surface area contributed by atoms with E-state index in [4.69, 9.17) is 0 Å². The molecule has 0 unspecified atom stereocenters. The van der Waals surface area contributed by atoms with Gasteiger partial charge >= 0.3 is 6.61 Å². The molecular weight excluding hydrogens is 198 g/mol. The normalized spacial score (nSPS) is 16.4. The van der Waals surface area contributed by atoms with E-state index in [9.17, 15) is 8.78 Å². The molecule has 1 nitrogen and oxygen atoms in total. The summed E-state index contributed by atoms with van der Waals surface area (Å²) in [7, 11) is 0. The van der Waals surface area contributed by atoms with Crippen molar-refractivity contribution in [1.82, 2.24) is 0 Å². The number of rotatable bonds is 4. The van der Waals surface area contributed by atoms with Gasteiger partial charge in [0.25, 0.3) is 0 Å². The van der Waals surface area contributed by atoms with Crippen LogP contribution in [0.15, 0.2) is 35.6 Å². The Hall–Kier alpha value is -1.12. The van der Waals surface area contributed by atoms with Crippen LogP contribution in [0.3, 0.4) is 0 Å². The Bertz CT molecular complexity index is 288. The van der Waals surface area contributed by atoms with Crippen LogP contribution in [0, 0.1) is 5.92 Å². The van der Waals surface area contributed by atoms with E-state index in [0.29, 0.717) is 18.1 Å². The quantitative estimate of drug-likeness (QED) is 0.686. The van der Waals surface area contributed by atoms with Crippen LogP contribution >= 0.6 is 0 Å². The summed E-state index contributed by atoms with van der Waals surface area (Å²) in [6.45, 7) is 1.53. The zero-order chi connectivity index (χ0) is 11.3. The highest BCUT2D eigenvalue weighted by atomic mass is 19.3. The summed E-state index contributed by atoms with van der Waals surface area (Å²) in [6.07, 6.45) is 8.65. The minimum absolute atomic E-state index is 0.319. The van der Waals surface area contributed by atoms with Crippen molar-refractivity contribution in [3.05, 3.63) is 35.6 Å². The Morgan fingerprint density at radius 3 is 2.73 bits per heavy atom. The third kappa shape index (κ3) is 4.77.